The number of carbonyl (C=O) groups excluding carboxylic acids is 2. The highest BCUT2D eigenvalue weighted by Gasteiger charge is 2.21. The van der Waals surface area contributed by atoms with Gasteiger partial charge in [0, 0.05) is 45.9 Å². The molecule has 1 aliphatic rings. The summed E-state index contributed by atoms with van der Waals surface area (Å²) in [4.78, 5) is 26.7. The molecule has 0 saturated carbocycles. The highest BCUT2D eigenvalue weighted by Crippen LogP contribution is 2.24. The summed E-state index contributed by atoms with van der Waals surface area (Å²) in [6, 6.07) is 15.5. The highest BCUT2D eigenvalue weighted by atomic mass is 79.9. The first-order chi connectivity index (χ1) is 12.1. The molecule has 2 aromatic carbocycles. The molecule has 2 amide bonds. The van der Waals surface area contributed by atoms with Crippen LogP contribution in [0.25, 0.3) is 0 Å². The zero-order valence-electron chi connectivity index (χ0n) is 13.7. The summed E-state index contributed by atoms with van der Waals surface area (Å²) in [5.74, 6) is 0.886. The third-order valence-electron chi connectivity index (χ3n) is 3.93. The van der Waals surface area contributed by atoms with Crippen LogP contribution in [0.2, 0.25) is 0 Å². The molecule has 0 atom stereocenters. The Labute approximate surface area is 160 Å². The summed E-state index contributed by atoms with van der Waals surface area (Å²) in [5.41, 5.74) is 1.65. The molecular weight excluding hydrogens is 400 g/mol. The summed E-state index contributed by atoms with van der Waals surface area (Å²) >= 11 is 5.10. The lowest BCUT2D eigenvalue weighted by Crippen LogP contribution is -2.23. The van der Waals surface area contributed by atoms with E-state index in [1.54, 1.807) is 16.7 Å². The van der Waals surface area contributed by atoms with Crippen LogP contribution >= 0.6 is 27.7 Å². The van der Waals surface area contributed by atoms with Crippen molar-refractivity contribution in [2.75, 3.05) is 22.5 Å². The van der Waals surface area contributed by atoms with E-state index in [4.69, 9.17) is 0 Å². The number of nitrogens with zero attached hydrogens (tertiary/aromatic N) is 1. The average Bonchev–Trinajstić information content (AvgIpc) is 3.02. The minimum absolute atomic E-state index is 0.00695. The molecule has 0 aliphatic carbocycles. The first-order valence-electron chi connectivity index (χ1n) is 8.20. The van der Waals surface area contributed by atoms with Gasteiger partial charge in [0.05, 0.1) is 0 Å². The Morgan fingerprint density at radius 3 is 2.68 bits per heavy atom. The van der Waals surface area contributed by atoms with Gasteiger partial charge in [0.15, 0.2) is 0 Å². The monoisotopic (exact) mass is 418 g/mol. The van der Waals surface area contributed by atoms with E-state index in [-0.39, 0.29) is 11.8 Å². The number of anilines is 2. The van der Waals surface area contributed by atoms with Crippen molar-refractivity contribution >= 4 is 50.9 Å². The van der Waals surface area contributed by atoms with E-state index in [9.17, 15) is 9.59 Å². The fourth-order valence-corrected chi connectivity index (χ4v) is 4.15. The standard InChI is InChI=1S/C19H19BrN2O2S/c20-14-3-1-4-17(13-14)25-12-10-18(23)21-15-6-8-16(9-7-15)22-11-2-5-19(22)24/h1,3-4,6-9,13H,2,5,10-12H2,(H,21,23). The maximum atomic E-state index is 12.1. The van der Waals surface area contributed by atoms with Crippen LogP contribution in [0.1, 0.15) is 19.3 Å². The summed E-state index contributed by atoms with van der Waals surface area (Å²) in [7, 11) is 0. The van der Waals surface area contributed by atoms with E-state index in [2.05, 4.69) is 21.2 Å². The van der Waals surface area contributed by atoms with Crippen LogP contribution in [-0.2, 0) is 9.59 Å². The van der Waals surface area contributed by atoms with Gasteiger partial charge < -0.3 is 10.2 Å². The summed E-state index contributed by atoms with van der Waals surface area (Å²) < 4.78 is 1.04. The van der Waals surface area contributed by atoms with Crippen LogP contribution in [0.15, 0.2) is 57.9 Å². The molecule has 4 nitrogen and oxygen atoms in total. The SMILES string of the molecule is O=C(CCSc1cccc(Br)c1)Nc1ccc(N2CCCC2=O)cc1. The first-order valence-corrected chi connectivity index (χ1v) is 9.98. The van der Waals surface area contributed by atoms with Gasteiger partial charge >= 0.3 is 0 Å². The van der Waals surface area contributed by atoms with Gasteiger partial charge in [-0.15, -0.1) is 11.8 Å². The lowest BCUT2D eigenvalue weighted by Gasteiger charge is -2.16. The Bertz CT molecular complexity index is 764. The molecular formula is C19H19BrN2O2S. The molecule has 25 heavy (non-hydrogen) atoms. The van der Waals surface area contributed by atoms with E-state index in [1.165, 1.54) is 0 Å². The lowest BCUT2D eigenvalue weighted by molar-refractivity contribution is -0.117. The Morgan fingerprint density at radius 1 is 1.20 bits per heavy atom. The Morgan fingerprint density at radius 2 is 2.00 bits per heavy atom. The Kier molecular flexibility index (Phi) is 6.15. The molecule has 6 heteroatoms. The predicted octanol–water partition coefficient (Wildman–Crippen LogP) is 4.70. The highest BCUT2D eigenvalue weighted by molar-refractivity contribution is 9.10. The van der Waals surface area contributed by atoms with Gasteiger partial charge in [0.25, 0.3) is 0 Å². The fraction of sp³-hybridized carbons (Fsp3) is 0.263. The molecule has 1 heterocycles. The van der Waals surface area contributed by atoms with Gasteiger partial charge in [0.1, 0.15) is 0 Å². The van der Waals surface area contributed by atoms with Crippen molar-refractivity contribution in [3.05, 3.63) is 53.0 Å². The largest absolute Gasteiger partial charge is 0.326 e. The normalized spacial score (nSPS) is 14.0. The van der Waals surface area contributed by atoms with Crippen molar-refractivity contribution < 1.29 is 9.59 Å². The summed E-state index contributed by atoms with van der Waals surface area (Å²) in [5, 5.41) is 2.90. The summed E-state index contributed by atoms with van der Waals surface area (Å²) in [6.45, 7) is 0.775. The van der Waals surface area contributed by atoms with Crippen LogP contribution < -0.4 is 10.2 Å². The number of rotatable bonds is 6. The second kappa shape index (κ2) is 8.54. The van der Waals surface area contributed by atoms with Gasteiger partial charge in [-0.25, -0.2) is 0 Å². The van der Waals surface area contributed by atoms with Crippen molar-refractivity contribution in [1.29, 1.82) is 0 Å². The van der Waals surface area contributed by atoms with Gasteiger partial charge in [-0.3, -0.25) is 9.59 Å². The molecule has 0 radical (unpaired) electrons. The number of hydrogen-bond donors (Lipinski definition) is 1. The van der Waals surface area contributed by atoms with E-state index in [0.29, 0.717) is 12.8 Å². The average molecular weight is 419 g/mol. The smallest absolute Gasteiger partial charge is 0.227 e. The van der Waals surface area contributed by atoms with Crippen molar-refractivity contribution in [3.63, 3.8) is 0 Å². The number of carbonyl (C=O) groups is 2. The molecule has 0 bridgehead atoms. The zero-order valence-corrected chi connectivity index (χ0v) is 16.1. The van der Waals surface area contributed by atoms with Gasteiger partial charge in [-0.05, 0) is 48.9 Å². The number of benzene rings is 2. The fourth-order valence-electron chi connectivity index (χ4n) is 2.69. The molecule has 1 fully saturated rings. The van der Waals surface area contributed by atoms with Crippen LogP contribution in [0, 0.1) is 0 Å². The van der Waals surface area contributed by atoms with Gasteiger partial charge in [-0.2, -0.15) is 0 Å². The molecule has 3 rings (SSSR count). The van der Waals surface area contributed by atoms with Gasteiger partial charge in [0.2, 0.25) is 11.8 Å². The van der Waals surface area contributed by atoms with E-state index in [1.807, 2.05) is 48.5 Å². The molecule has 2 aromatic rings. The lowest BCUT2D eigenvalue weighted by atomic mass is 10.2. The Hall–Kier alpha value is -1.79. The topological polar surface area (TPSA) is 49.4 Å². The molecule has 0 spiro atoms. The maximum absolute atomic E-state index is 12.1. The van der Waals surface area contributed by atoms with E-state index < -0.39 is 0 Å². The number of amides is 2. The van der Waals surface area contributed by atoms with Crippen LogP contribution in [0.5, 0.6) is 0 Å². The van der Waals surface area contributed by atoms with Crippen LogP contribution in [-0.4, -0.2) is 24.1 Å². The minimum Gasteiger partial charge on any atom is -0.326 e. The van der Waals surface area contributed by atoms with Crippen molar-refractivity contribution in [3.8, 4) is 0 Å². The third-order valence-corrected chi connectivity index (χ3v) is 5.42. The van der Waals surface area contributed by atoms with Crippen molar-refractivity contribution in [1.82, 2.24) is 0 Å². The van der Waals surface area contributed by atoms with E-state index >= 15 is 0 Å². The first kappa shape index (κ1) is 18.0. The number of nitrogens with one attached hydrogen (secondary N) is 1. The molecule has 0 aromatic heterocycles. The minimum atomic E-state index is -0.00695. The number of hydrogen-bond acceptors (Lipinski definition) is 3. The third kappa shape index (κ3) is 5.09. The second-order valence-electron chi connectivity index (χ2n) is 5.80. The quantitative estimate of drug-likeness (QED) is 0.691. The number of thioether (sulfide) groups is 1. The van der Waals surface area contributed by atoms with Crippen molar-refractivity contribution in [2.45, 2.75) is 24.2 Å². The van der Waals surface area contributed by atoms with Gasteiger partial charge in [-0.1, -0.05) is 22.0 Å². The predicted molar refractivity (Wildman–Crippen MR) is 106 cm³/mol. The molecule has 1 N–H and O–H groups in total. The molecule has 1 aliphatic heterocycles. The zero-order chi connectivity index (χ0) is 17.6. The van der Waals surface area contributed by atoms with E-state index in [0.717, 1.165) is 39.5 Å². The Balaban J connectivity index is 1.47. The number of halogens is 1. The van der Waals surface area contributed by atoms with Crippen LogP contribution in [0.3, 0.4) is 0 Å². The summed E-state index contributed by atoms with van der Waals surface area (Å²) in [6.07, 6.45) is 1.98. The van der Waals surface area contributed by atoms with Crippen molar-refractivity contribution in [2.24, 2.45) is 0 Å². The maximum Gasteiger partial charge on any atom is 0.227 e. The molecule has 1 saturated heterocycles. The molecule has 0 unspecified atom stereocenters. The molecule has 130 valence electrons. The van der Waals surface area contributed by atoms with Crippen LogP contribution in [0.4, 0.5) is 11.4 Å². The second-order valence-corrected chi connectivity index (χ2v) is 7.88.